The molecule has 2 aliphatic rings. The summed E-state index contributed by atoms with van der Waals surface area (Å²) in [6, 6.07) is -0.384. The summed E-state index contributed by atoms with van der Waals surface area (Å²) in [6.45, 7) is 2.38. The highest BCUT2D eigenvalue weighted by molar-refractivity contribution is 7.09. The van der Waals surface area contributed by atoms with Crippen molar-refractivity contribution in [3.8, 4) is 0 Å². The fourth-order valence-corrected chi connectivity index (χ4v) is 3.98. The van der Waals surface area contributed by atoms with E-state index in [4.69, 9.17) is 0 Å². The topological polar surface area (TPSA) is 62.3 Å². The van der Waals surface area contributed by atoms with Crippen molar-refractivity contribution >= 4 is 23.2 Å². The minimum absolute atomic E-state index is 0.0179. The molecule has 3 rings (SSSR count). The Labute approximate surface area is 128 Å². The van der Waals surface area contributed by atoms with E-state index in [1.165, 1.54) is 0 Å². The Morgan fingerprint density at radius 2 is 2.14 bits per heavy atom. The molecule has 1 aliphatic carbocycles. The lowest BCUT2D eigenvalue weighted by Crippen LogP contribution is -2.70. The first-order valence-corrected chi connectivity index (χ1v) is 8.52. The summed E-state index contributed by atoms with van der Waals surface area (Å²) in [6.07, 6.45) is 7.23. The van der Waals surface area contributed by atoms with Gasteiger partial charge < -0.3 is 10.2 Å². The van der Waals surface area contributed by atoms with E-state index in [2.05, 4.69) is 10.3 Å². The van der Waals surface area contributed by atoms with E-state index in [1.807, 2.05) is 12.3 Å². The van der Waals surface area contributed by atoms with Crippen LogP contribution >= 0.6 is 11.3 Å². The molecule has 1 aromatic rings. The van der Waals surface area contributed by atoms with Gasteiger partial charge in [-0.3, -0.25) is 9.59 Å². The van der Waals surface area contributed by atoms with Crippen LogP contribution in [0.3, 0.4) is 0 Å². The molecule has 1 unspecified atom stereocenters. The first kappa shape index (κ1) is 14.5. The summed E-state index contributed by atoms with van der Waals surface area (Å²) in [5.41, 5.74) is -0.634. The molecular weight excluding hydrogens is 286 g/mol. The van der Waals surface area contributed by atoms with Crippen molar-refractivity contribution in [2.45, 2.75) is 57.0 Å². The van der Waals surface area contributed by atoms with E-state index in [1.54, 1.807) is 22.4 Å². The predicted octanol–water partition coefficient (Wildman–Crippen LogP) is 1.74. The SMILES string of the molecule is CC1C(=O)NC2(CCCCC2)C(=O)N1CCc1nccs1. The maximum absolute atomic E-state index is 12.9. The first-order valence-electron chi connectivity index (χ1n) is 7.64. The number of carbonyl (C=O) groups is 2. The van der Waals surface area contributed by atoms with Crippen LogP contribution < -0.4 is 5.32 Å². The number of carbonyl (C=O) groups excluding carboxylic acids is 2. The quantitative estimate of drug-likeness (QED) is 0.925. The molecule has 21 heavy (non-hydrogen) atoms. The molecule has 1 N–H and O–H groups in total. The van der Waals surface area contributed by atoms with Gasteiger partial charge in [-0.1, -0.05) is 19.3 Å². The molecule has 114 valence electrons. The van der Waals surface area contributed by atoms with Gasteiger partial charge in [0.05, 0.1) is 5.01 Å². The highest BCUT2D eigenvalue weighted by Crippen LogP contribution is 2.33. The highest BCUT2D eigenvalue weighted by atomic mass is 32.1. The second-order valence-electron chi connectivity index (χ2n) is 5.98. The number of thiazole rings is 1. The van der Waals surface area contributed by atoms with Crippen LogP contribution in [0.15, 0.2) is 11.6 Å². The Morgan fingerprint density at radius 3 is 2.81 bits per heavy atom. The Bertz CT molecular complexity index is 523. The van der Waals surface area contributed by atoms with E-state index in [0.29, 0.717) is 6.54 Å². The van der Waals surface area contributed by atoms with Crippen LogP contribution in [0.4, 0.5) is 0 Å². The lowest BCUT2D eigenvalue weighted by atomic mass is 9.78. The van der Waals surface area contributed by atoms with Gasteiger partial charge in [0.2, 0.25) is 11.8 Å². The number of nitrogens with zero attached hydrogens (tertiary/aromatic N) is 2. The van der Waals surface area contributed by atoms with Gasteiger partial charge >= 0.3 is 0 Å². The first-order chi connectivity index (χ1) is 10.1. The monoisotopic (exact) mass is 307 g/mol. The van der Waals surface area contributed by atoms with Gasteiger partial charge in [0.15, 0.2) is 0 Å². The van der Waals surface area contributed by atoms with Crippen LogP contribution in [-0.2, 0) is 16.0 Å². The van der Waals surface area contributed by atoms with Gasteiger partial charge in [-0.15, -0.1) is 11.3 Å². The van der Waals surface area contributed by atoms with Crippen molar-refractivity contribution in [3.05, 3.63) is 16.6 Å². The summed E-state index contributed by atoms with van der Waals surface area (Å²) < 4.78 is 0. The average molecular weight is 307 g/mol. The minimum atomic E-state index is -0.634. The van der Waals surface area contributed by atoms with E-state index in [9.17, 15) is 9.59 Å². The molecule has 1 saturated heterocycles. The fraction of sp³-hybridized carbons (Fsp3) is 0.667. The van der Waals surface area contributed by atoms with Crippen LogP contribution in [0.25, 0.3) is 0 Å². The molecule has 0 radical (unpaired) electrons. The van der Waals surface area contributed by atoms with Gasteiger partial charge in [0.1, 0.15) is 11.6 Å². The minimum Gasteiger partial charge on any atom is -0.340 e. The van der Waals surface area contributed by atoms with E-state index in [0.717, 1.165) is 43.5 Å². The number of amides is 2. The zero-order chi connectivity index (χ0) is 14.9. The predicted molar refractivity (Wildman–Crippen MR) is 81.0 cm³/mol. The second kappa shape index (κ2) is 5.75. The number of hydrogen-bond acceptors (Lipinski definition) is 4. The number of hydrogen-bond donors (Lipinski definition) is 1. The van der Waals surface area contributed by atoms with Gasteiger partial charge in [0.25, 0.3) is 0 Å². The van der Waals surface area contributed by atoms with E-state index >= 15 is 0 Å². The molecule has 1 aliphatic heterocycles. The molecule has 0 aromatic carbocycles. The van der Waals surface area contributed by atoms with Gasteiger partial charge in [-0.25, -0.2) is 4.98 Å². The van der Waals surface area contributed by atoms with Crippen LogP contribution in [-0.4, -0.2) is 39.8 Å². The van der Waals surface area contributed by atoms with Gasteiger partial charge in [-0.05, 0) is 19.8 Å². The fourth-order valence-electron chi connectivity index (χ4n) is 3.37. The summed E-state index contributed by atoms with van der Waals surface area (Å²) in [5, 5.41) is 5.96. The molecule has 1 saturated carbocycles. The van der Waals surface area contributed by atoms with Crippen molar-refractivity contribution < 1.29 is 9.59 Å². The third kappa shape index (κ3) is 2.69. The smallest absolute Gasteiger partial charge is 0.249 e. The standard InChI is InChI=1S/C15H21N3O2S/c1-11-13(19)17-15(6-3-2-4-7-15)14(20)18(11)9-5-12-16-8-10-21-12/h8,10-11H,2-7,9H2,1H3,(H,17,19). The Hall–Kier alpha value is -1.43. The Morgan fingerprint density at radius 1 is 1.38 bits per heavy atom. The number of rotatable bonds is 3. The lowest BCUT2D eigenvalue weighted by Gasteiger charge is -2.46. The zero-order valence-corrected chi connectivity index (χ0v) is 13.1. The zero-order valence-electron chi connectivity index (χ0n) is 12.3. The molecule has 6 heteroatoms. The van der Waals surface area contributed by atoms with Crippen LogP contribution in [0.1, 0.15) is 44.0 Å². The molecule has 0 bridgehead atoms. The van der Waals surface area contributed by atoms with Crippen molar-refractivity contribution in [1.82, 2.24) is 15.2 Å². The molecule has 1 atom stereocenters. The summed E-state index contributed by atoms with van der Waals surface area (Å²) in [5.74, 6) is 0.0847. The van der Waals surface area contributed by atoms with E-state index in [-0.39, 0.29) is 17.9 Å². The van der Waals surface area contributed by atoms with Crippen molar-refractivity contribution in [2.24, 2.45) is 0 Å². The Balaban J connectivity index is 1.76. The summed E-state index contributed by atoms with van der Waals surface area (Å²) in [7, 11) is 0. The third-order valence-electron chi connectivity index (χ3n) is 4.64. The van der Waals surface area contributed by atoms with Gasteiger partial charge in [0, 0.05) is 24.5 Å². The van der Waals surface area contributed by atoms with E-state index < -0.39 is 5.54 Å². The summed E-state index contributed by atoms with van der Waals surface area (Å²) >= 11 is 1.59. The third-order valence-corrected chi connectivity index (χ3v) is 5.48. The number of aromatic nitrogens is 1. The average Bonchev–Trinajstić information content (AvgIpc) is 3.00. The summed E-state index contributed by atoms with van der Waals surface area (Å²) in [4.78, 5) is 31.2. The van der Waals surface area contributed by atoms with Crippen molar-refractivity contribution in [2.75, 3.05) is 6.54 Å². The lowest BCUT2D eigenvalue weighted by molar-refractivity contribution is -0.155. The van der Waals surface area contributed by atoms with Crippen molar-refractivity contribution in [3.63, 3.8) is 0 Å². The molecular formula is C15H21N3O2S. The molecule has 2 amide bonds. The maximum Gasteiger partial charge on any atom is 0.249 e. The molecule has 2 fully saturated rings. The van der Waals surface area contributed by atoms with Crippen LogP contribution in [0.2, 0.25) is 0 Å². The molecule has 1 spiro atoms. The maximum atomic E-state index is 12.9. The molecule has 5 nitrogen and oxygen atoms in total. The highest BCUT2D eigenvalue weighted by Gasteiger charge is 2.49. The number of piperazine rings is 1. The van der Waals surface area contributed by atoms with Crippen molar-refractivity contribution in [1.29, 1.82) is 0 Å². The number of nitrogens with one attached hydrogen (secondary N) is 1. The van der Waals surface area contributed by atoms with Crippen LogP contribution in [0.5, 0.6) is 0 Å². The molecule has 2 heterocycles. The molecule has 1 aromatic heterocycles. The Kier molecular flexibility index (Phi) is 3.97. The van der Waals surface area contributed by atoms with Gasteiger partial charge in [-0.2, -0.15) is 0 Å². The second-order valence-corrected chi connectivity index (χ2v) is 6.96. The van der Waals surface area contributed by atoms with Crippen LogP contribution in [0, 0.1) is 0 Å². The normalized spacial score (nSPS) is 25.2. The largest absolute Gasteiger partial charge is 0.340 e.